The lowest BCUT2D eigenvalue weighted by atomic mass is 9.77. The molecule has 1 N–H and O–H groups in total. The van der Waals surface area contributed by atoms with Gasteiger partial charge in [-0.2, -0.15) is 8.42 Å². The molecule has 336 valence electrons. The van der Waals surface area contributed by atoms with Crippen molar-refractivity contribution >= 4 is 34.2 Å². The molecule has 2 aliphatic rings. The number of carbonyl (C=O) groups excluding carboxylic acids is 4. The van der Waals surface area contributed by atoms with Crippen molar-refractivity contribution in [3.05, 3.63) is 71.8 Å². The standard InChI is InChI=1S/C21H29F2NO7S.C20H27F2NO5/c1-19(2,3)31-18(26)24-11-10-20(14-24,21(22,23)15-30-32(4,27)28)12-17(25)29-13-16-8-6-5-7-9-16;1-18(2,3)28-17(26)23-10-9-19(13-23,20(21,22)14-24)11-16(25)27-12-15-7-5-4-6-8-15/h5-9H,10-15H2,1-4H3;4-8,24H,9-14H2,1-3H3. The third-order valence-electron chi connectivity index (χ3n) is 9.67. The largest absolute Gasteiger partial charge is 0.461 e. The van der Waals surface area contributed by atoms with Crippen LogP contribution in [0.3, 0.4) is 0 Å². The molecule has 0 bridgehead atoms. The second-order valence-corrected chi connectivity index (χ2v) is 18.7. The SMILES string of the molecule is CC(C)(C)OC(=O)N1CCC(CC(=O)OCc2ccccc2)(C(F)(F)CO)C1.CC(C)(C)OC(=O)N1CCC(CC(=O)OCc2ccccc2)(C(F)(F)COS(C)(=O)=O)C1. The third-order valence-corrected chi connectivity index (χ3v) is 10.2. The zero-order valence-electron chi connectivity index (χ0n) is 35.0. The predicted octanol–water partition coefficient (Wildman–Crippen LogP) is 6.73. The molecule has 2 aliphatic heterocycles. The van der Waals surface area contributed by atoms with Crippen molar-refractivity contribution in [2.45, 2.75) is 103 Å². The molecule has 2 heterocycles. The average molecular weight is 877 g/mol. The van der Waals surface area contributed by atoms with E-state index in [0.29, 0.717) is 11.8 Å². The summed E-state index contributed by atoms with van der Waals surface area (Å²) >= 11 is 0. The zero-order chi connectivity index (χ0) is 45.2. The number of carbonyl (C=O) groups is 4. The first-order valence-corrected chi connectivity index (χ1v) is 21.0. The fraction of sp³-hybridized carbons (Fsp3) is 0.610. The number of hydrogen-bond acceptors (Lipinski definition) is 12. The Kier molecular flexibility index (Phi) is 16.6. The number of aliphatic hydroxyl groups excluding tert-OH is 1. The van der Waals surface area contributed by atoms with E-state index in [4.69, 9.17) is 18.9 Å². The minimum atomic E-state index is -4.14. The minimum Gasteiger partial charge on any atom is -0.461 e. The molecule has 0 aliphatic carbocycles. The van der Waals surface area contributed by atoms with Crippen molar-refractivity contribution in [1.82, 2.24) is 9.80 Å². The van der Waals surface area contributed by atoms with Crippen molar-refractivity contribution in [3.63, 3.8) is 0 Å². The van der Waals surface area contributed by atoms with E-state index in [1.54, 1.807) is 96.1 Å². The summed E-state index contributed by atoms with van der Waals surface area (Å²) in [6, 6.07) is 17.6. The summed E-state index contributed by atoms with van der Waals surface area (Å²) in [6.45, 7) is 5.99. The summed E-state index contributed by atoms with van der Waals surface area (Å²) in [5.74, 6) is -8.98. The number of halogens is 4. The third kappa shape index (κ3) is 14.9. The van der Waals surface area contributed by atoms with Crippen LogP contribution in [0.1, 0.15) is 78.4 Å². The van der Waals surface area contributed by atoms with Crippen LogP contribution in [0.4, 0.5) is 27.2 Å². The summed E-state index contributed by atoms with van der Waals surface area (Å²) in [4.78, 5) is 51.6. The number of amides is 2. The van der Waals surface area contributed by atoms with Gasteiger partial charge in [-0.15, -0.1) is 0 Å². The molecular formula is C41H56F4N2O12S. The van der Waals surface area contributed by atoms with Crippen LogP contribution in [0.5, 0.6) is 0 Å². The second-order valence-electron chi connectivity index (χ2n) is 17.0. The Balaban J connectivity index is 0.000000323. The van der Waals surface area contributed by atoms with Crippen molar-refractivity contribution in [2.24, 2.45) is 10.8 Å². The summed E-state index contributed by atoms with van der Waals surface area (Å²) in [5, 5.41) is 9.21. The van der Waals surface area contributed by atoms with E-state index in [2.05, 4.69) is 4.18 Å². The number of hydrogen-bond donors (Lipinski definition) is 1. The first-order valence-electron chi connectivity index (χ1n) is 19.2. The molecule has 14 nitrogen and oxygen atoms in total. The molecule has 0 radical (unpaired) electrons. The van der Waals surface area contributed by atoms with E-state index in [1.165, 1.54) is 0 Å². The van der Waals surface area contributed by atoms with E-state index in [9.17, 15) is 41.5 Å². The molecule has 2 unspecified atom stereocenters. The molecule has 4 rings (SSSR count). The van der Waals surface area contributed by atoms with Gasteiger partial charge in [-0.05, 0) is 65.5 Å². The number of aliphatic hydroxyl groups is 1. The van der Waals surface area contributed by atoms with Crippen LogP contribution >= 0.6 is 0 Å². The number of nitrogens with zero attached hydrogens (tertiary/aromatic N) is 2. The smallest absolute Gasteiger partial charge is 0.410 e. The van der Waals surface area contributed by atoms with Crippen LogP contribution in [0, 0.1) is 10.8 Å². The molecule has 2 fully saturated rings. The maximum Gasteiger partial charge on any atom is 0.410 e. The highest BCUT2D eigenvalue weighted by Crippen LogP contribution is 2.49. The molecule has 2 aromatic carbocycles. The van der Waals surface area contributed by atoms with Crippen LogP contribution in [0.15, 0.2) is 60.7 Å². The molecule has 0 saturated carbocycles. The summed E-state index contributed by atoms with van der Waals surface area (Å²) < 4.78 is 107. The second kappa shape index (κ2) is 19.9. The minimum absolute atomic E-state index is 0.0104. The molecular weight excluding hydrogens is 821 g/mol. The van der Waals surface area contributed by atoms with Gasteiger partial charge in [-0.3, -0.25) is 13.8 Å². The van der Waals surface area contributed by atoms with Gasteiger partial charge in [0.2, 0.25) is 0 Å². The van der Waals surface area contributed by atoms with E-state index >= 15 is 8.78 Å². The lowest BCUT2D eigenvalue weighted by Gasteiger charge is -2.36. The first-order chi connectivity index (χ1) is 27.6. The fourth-order valence-corrected chi connectivity index (χ4v) is 6.85. The maximum atomic E-state index is 15.2. The molecule has 2 amide bonds. The Hall–Kier alpha value is -4.49. The number of ether oxygens (including phenoxy) is 4. The van der Waals surface area contributed by atoms with Crippen molar-refractivity contribution in [3.8, 4) is 0 Å². The Labute approximate surface area is 348 Å². The van der Waals surface area contributed by atoms with Crippen LogP contribution < -0.4 is 0 Å². The molecule has 2 aromatic rings. The molecule has 19 heteroatoms. The zero-order valence-corrected chi connectivity index (χ0v) is 35.8. The normalized spacial score (nSPS) is 19.9. The number of esters is 2. The Morgan fingerprint density at radius 1 is 0.667 bits per heavy atom. The van der Waals surface area contributed by atoms with Gasteiger partial charge in [0.05, 0.1) is 29.9 Å². The average Bonchev–Trinajstić information content (AvgIpc) is 3.79. The van der Waals surface area contributed by atoms with Gasteiger partial charge in [0.25, 0.3) is 22.0 Å². The number of benzene rings is 2. The highest BCUT2D eigenvalue weighted by atomic mass is 32.2. The molecule has 2 atom stereocenters. The van der Waals surface area contributed by atoms with Gasteiger partial charge in [0.1, 0.15) is 37.6 Å². The van der Waals surface area contributed by atoms with Crippen LogP contribution in [0.25, 0.3) is 0 Å². The Bertz CT molecular complexity index is 1870. The summed E-state index contributed by atoms with van der Waals surface area (Å²) in [5.41, 5.74) is -4.14. The lowest BCUT2D eigenvalue weighted by molar-refractivity contribution is -0.171. The molecule has 2 saturated heterocycles. The maximum absolute atomic E-state index is 15.2. The first kappa shape index (κ1) is 49.9. The highest BCUT2D eigenvalue weighted by Gasteiger charge is 2.60. The summed E-state index contributed by atoms with van der Waals surface area (Å²) in [7, 11) is -4.14. The fourth-order valence-electron chi connectivity index (χ4n) is 6.49. The van der Waals surface area contributed by atoms with Crippen molar-refractivity contribution in [1.29, 1.82) is 0 Å². The topological polar surface area (TPSA) is 175 Å². The van der Waals surface area contributed by atoms with Gasteiger partial charge in [0.15, 0.2) is 0 Å². The molecule has 60 heavy (non-hydrogen) atoms. The number of likely N-dealkylation sites (tertiary alicyclic amines) is 2. The van der Waals surface area contributed by atoms with Crippen LogP contribution in [-0.4, -0.2) is 116 Å². The van der Waals surface area contributed by atoms with Crippen molar-refractivity contribution in [2.75, 3.05) is 45.6 Å². The van der Waals surface area contributed by atoms with Gasteiger partial charge in [0, 0.05) is 26.2 Å². The van der Waals surface area contributed by atoms with Gasteiger partial charge >= 0.3 is 24.1 Å². The van der Waals surface area contributed by atoms with Gasteiger partial charge < -0.3 is 33.9 Å². The van der Waals surface area contributed by atoms with E-state index in [0.717, 1.165) is 15.4 Å². The molecule has 0 spiro atoms. The van der Waals surface area contributed by atoms with Crippen LogP contribution in [-0.2, 0) is 56.1 Å². The lowest BCUT2D eigenvalue weighted by Crippen LogP contribution is -2.49. The number of rotatable bonds is 14. The highest BCUT2D eigenvalue weighted by molar-refractivity contribution is 7.85. The molecule has 0 aromatic heterocycles. The Morgan fingerprint density at radius 2 is 1.03 bits per heavy atom. The van der Waals surface area contributed by atoms with E-state index in [-0.39, 0.29) is 39.1 Å². The van der Waals surface area contributed by atoms with E-state index in [1.807, 2.05) is 6.07 Å². The Morgan fingerprint density at radius 3 is 1.37 bits per heavy atom. The van der Waals surface area contributed by atoms with Gasteiger partial charge in [-0.25, -0.2) is 27.2 Å². The van der Waals surface area contributed by atoms with E-state index < -0.39 is 107 Å². The number of alkyl halides is 4. The van der Waals surface area contributed by atoms with Crippen molar-refractivity contribution < 1.29 is 73.4 Å². The summed E-state index contributed by atoms with van der Waals surface area (Å²) in [6.07, 6.45) is -2.58. The van der Waals surface area contributed by atoms with Crippen LogP contribution in [0.2, 0.25) is 0 Å². The van der Waals surface area contributed by atoms with Gasteiger partial charge in [-0.1, -0.05) is 60.7 Å². The quantitative estimate of drug-likeness (QED) is 0.0919. The predicted molar refractivity (Wildman–Crippen MR) is 209 cm³/mol. The monoisotopic (exact) mass is 876 g/mol.